The molecular weight excluding hydrogens is 412 g/mol. The Kier molecular flexibility index (Phi) is 6.34. The lowest BCUT2D eigenvalue weighted by Crippen LogP contribution is -2.35. The smallest absolute Gasteiger partial charge is 0.256 e. The summed E-state index contributed by atoms with van der Waals surface area (Å²) in [6.45, 7) is 12.1. The molecular formula is C22H30N6O2S. The monoisotopic (exact) mass is 442 g/mol. The minimum atomic E-state index is 0.0555. The van der Waals surface area contributed by atoms with Gasteiger partial charge in [0, 0.05) is 62.2 Å². The van der Waals surface area contributed by atoms with Crippen molar-refractivity contribution in [2.24, 2.45) is 7.05 Å². The van der Waals surface area contributed by atoms with Gasteiger partial charge in [0.2, 0.25) is 0 Å². The Balaban J connectivity index is 1.56. The predicted molar refractivity (Wildman–Crippen MR) is 121 cm³/mol. The molecule has 1 saturated heterocycles. The van der Waals surface area contributed by atoms with Gasteiger partial charge < -0.3 is 9.42 Å². The van der Waals surface area contributed by atoms with Gasteiger partial charge >= 0.3 is 0 Å². The molecule has 8 nitrogen and oxygen atoms in total. The molecule has 0 aliphatic carbocycles. The fourth-order valence-corrected chi connectivity index (χ4v) is 5.21. The van der Waals surface area contributed by atoms with Crippen LogP contribution in [0.4, 0.5) is 0 Å². The third-order valence-corrected chi connectivity index (χ3v) is 6.63. The lowest BCUT2D eigenvalue weighted by atomic mass is 10.1. The highest BCUT2D eigenvalue weighted by atomic mass is 32.2. The molecule has 3 aromatic rings. The van der Waals surface area contributed by atoms with Crippen molar-refractivity contribution >= 4 is 28.7 Å². The second-order valence-corrected chi connectivity index (χ2v) is 10.0. The van der Waals surface area contributed by atoms with Gasteiger partial charge in [-0.2, -0.15) is 5.10 Å². The van der Waals surface area contributed by atoms with Crippen molar-refractivity contribution in [2.45, 2.75) is 50.8 Å². The summed E-state index contributed by atoms with van der Waals surface area (Å²) in [5.74, 6) is 0.880. The standard InChI is InChI=1S/C22H30N6O2S/c1-14(2)31-20-18(12-23-21-19(20)16(4)24-26(21)5)22(29)28-8-6-7-27(9-10-28)13-17-11-15(3)30-25-17/h11-12,14H,6-10,13H2,1-5H3. The van der Waals surface area contributed by atoms with Gasteiger partial charge in [0.25, 0.3) is 5.91 Å². The molecule has 31 heavy (non-hydrogen) atoms. The predicted octanol–water partition coefficient (Wildman–Crippen LogP) is 3.42. The van der Waals surface area contributed by atoms with Crippen molar-refractivity contribution in [1.82, 2.24) is 29.7 Å². The van der Waals surface area contributed by atoms with Crippen LogP contribution in [0.5, 0.6) is 0 Å². The zero-order chi connectivity index (χ0) is 22.1. The van der Waals surface area contributed by atoms with Gasteiger partial charge in [0.15, 0.2) is 5.65 Å². The normalized spacial score (nSPS) is 15.7. The van der Waals surface area contributed by atoms with Crippen molar-refractivity contribution in [3.8, 4) is 0 Å². The van der Waals surface area contributed by atoms with Gasteiger partial charge in [-0.25, -0.2) is 4.98 Å². The fraction of sp³-hybridized carbons (Fsp3) is 0.545. The van der Waals surface area contributed by atoms with Crippen LogP contribution in [0.2, 0.25) is 0 Å². The molecule has 4 rings (SSSR count). The highest BCUT2D eigenvalue weighted by Gasteiger charge is 2.26. The van der Waals surface area contributed by atoms with Crippen molar-refractivity contribution in [3.63, 3.8) is 0 Å². The number of aromatic nitrogens is 4. The number of amides is 1. The largest absolute Gasteiger partial charge is 0.361 e. The molecule has 0 atom stereocenters. The maximum atomic E-state index is 13.6. The Labute approximate surface area is 187 Å². The van der Waals surface area contributed by atoms with E-state index in [4.69, 9.17) is 4.52 Å². The summed E-state index contributed by atoms with van der Waals surface area (Å²) >= 11 is 1.71. The second-order valence-electron chi connectivity index (χ2n) is 8.43. The van der Waals surface area contributed by atoms with Gasteiger partial charge in [-0.15, -0.1) is 11.8 Å². The Morgan fingerprint density at radius 3 is 2.74 bits per heavy atom. The van der Waals surface area contributed by atoms with Crippen LogP contribution in [0.15, 0.2) is 21.7 Å². The molecule has 166 valence electrons. The highest BCUT2D eigenvalue weighted by molar-refractivity contribution is 8.00. The number of nitrogens with zero attached hydrogens (tertiary/aromatic N) is 6. The van der Waals surface area contributed by atoms with Gasteiger partial charge in [0.1, 0.15) is 5.76 Å². The Bertz CT molecular complexity index is 1090. The van der Waals surface area contributed by atoms with Crippen LogP contribution in [0.3, 0.4) is 0 Å². The van der Waals surface area contributed by atoms with Crippen LogP contribution in [-0.2, 0) is 13.6 Å². The van der Waals surface area contributed by atoms with Crippen molar-refractivity contribution in [1.29, 1.82) is 0 Å². The van der Waals surface area contributed by atoms with E-state index in [1.807, 2.05) is 31.9 Å². The molecule has 0 spiro atoms. The maximum Gasteiger partial charge on any atom is 0.256 e. The van der Waals surface area contributed by atoms with Gasteiger partial charge in [-0.3, -0.25) is 14.4 Å². The molecule has 1 aliphatic rings. The van der Waals surface area contributed by atoms with E-state index in [0.29, 0.717) is 17.4 Å². The van der Waals surface area contributed by atoms with E-state index >= 15 is 0 Å². The van der Waals surface area contributed by atoms with E-state index in [0.717, 1.165) is 65.7 Å². The summed E-state index contributed by atoms with van der Waals surface area (Å²) < 4.78 is 6.98. The molecule has 4 heterocycles. The van der Waals surface area contributed by atoms with Gasteiger partial charge in [0.05, 0.1) is 22.3 Å². The average molecular weight is 443 g/mol. The molecule has 3 aromatic heterocycles. The summed E-state index contributed by atoms with van der Waals surface area (Å²) in [7, 11) is 1.90. The maximum absolute atomic E-state index is 13.6. The zero-order valence-corrected chi connectivity index (χ0v) is 19.7. The van der Waals surface area contributed by atoms with Crippen LogP contribution in [0, 0.1) is 13.8 Å². The average Bonchev–Trinajstić information content (AvgIpc) is 3.15. The van der Waals surface area contributed by atoms with E-state index < -0.39 is 0 Å². The number of rotatable bonds is 5. The Morgan fingerprint density at radius 1 is 1.23 bits per heavy atom. The first kappa shape index (κ1) is 21.8. The van der Waals surface area contributed by atoms with Crippen LogP contribution in [0.1, 0.15) is 47.8 Å². The molecule has 9 heteroatoms. The minimum absolute atomic E-state index is 0.0555. The SMILES string of the molecule is Cc1cc(CN2CCCN(C(=O)c3cnc4c(c(C)nn4C)c3SC(C)C)CC2)no1. The van der Waals surface area contributed by atoms with Crippen LogP contribution >= 0.6 is 11.8 Å². The summed E-state index contributed by atoms with van der Waals surface area (Å²) in [6.07, 6.45) is 2.66. The number of pyridine rings is 1. The molecule has 0 bridgehead atoms. The first-order chi connectivity index (χ1) is 14.8. The van der Waals surface area contributed by atoms with Crippen molar-refractivity contribution < 1.29 is 9.32 Å². The van der Waals surface area contributed by atoms with E-state index in [9.17, 15) is 4.79 Å². The summed E-state index contributed by atoms with van der Waals surface area (Å²) in [5, 5.41) is 9.98. The molecule has 1 amide bonds. The number of carbonyl (C=O) groups excluding carboxylic acids is 1. The molecule has 0 aromatic carbocycles. The van der Waals surface area contributed by atoms with Crippen LogP contribution in [-0.4, -0.2) is 67.1 Å². The third kappa shape index (κ3) is 4.62. The number of hydrogen-bond acceptors (Lipinski definition) is 7. The van der Waals surface area contributed by atoms with E-state index in [2.05, 4.69) is 34.0 Å². The Hall–Kier alpha value is -2.39. The fourth-order valence-electron chi connectivity index (χ4n) is 4.11. The number of fused-ring (bicyclic) bond motifs is 1. The summed E-state index contributed by atoms with van der Waals surface area (Å²) in [5.41, 5.74) is 3.35. The summed E-state index contributed by atoms with van der Waals surface area (Å²) in [4.78, 5) is 23.5. The lowest BCUT2D eigenvalue weighted by Gasteiger charge is -2.23. The number of hydrogen-bond donors (Lipinski definition) is 0. The molecule has 1 aliphatic heterocycles. The molecule has 0 unspecified atom stereocenters. The van der Waals surface area contributed by atoms with Gasteiger partial charge in [-0.05, 0) is 20.3 Å². The van der Waals surface area contributed by atoms with E-state index in [-0.39, 0.29) is 5.91 Å². The van der Waals surface area contributed by atoms with Crippen LogP contribution < -0.4 is 0 Å². The first-order valence-electron chi connectivity index (χ1n) is 10.8. The minimum Gasteiger partial charge on any atom is -0.361 e. The van der Waals surface area contributed by atoms with Crippen molar-refractivity contribution in [3.05, 3.63) is 35.0 Å². The molecule has 0 saturated carbocycles. The number of thioether (sulfide) groups is 1. The first-order valence-corrected chi connectivity index (χ1v) is 11.6. The van der Waals surface area contributed by atoms with E-state index in [1.54, 1.807) is 22.6 Å². The molecule has 0 radical (unpaired) electrons. The molecule has 0 N–H and O–H groups in total. The lowest BCUT2D eigenvalue weighted by molar-refractivity contribution is 0.0757. The number of carbonyl (C=O) groups is 1. The Morgan fingerprint density at radius 2 is 2.03 bits per heavy atom. The summed E-state index contributed by atoms with van der Waals surface area (Å²) in [6, 6.07) is 1.97. The van der Waals surface area contributed by atoms with Crippen molar-refractivity contribution in [2.75, 3.05) is 26.2 Å². The third-order valence-electron chi connectivity index (χ3n) is 5.50. The quantitative estimate of drug-likeness (QED) is 0.560. The van der Waals surface area contributed by atoms with Crippen LogP contribution in [0.25, 0.3) is 11.0 Å². The second kappa shape index (κ2) is 9.00. The van der Waals surface area contributed by atoms with E-state index in [1.165, 1.54) is 0 Å². The zero-order valence-electron chi connectivity index (χ0n) is 18.9. The topological polar surface area (TPSA) is 80.3 Å². The number of aryl methyl sites for hydroxylation is 3. The van der Waals surface area contributed by atoms with Gasteiger partial charge in [-0.1, -0.05) is 19.0 Å². The highest BCUT2D eigenvalue weighted by Crippen LogP contribution is 2.35. The molecule has 1 fully saturated rings.